The van der Waals surface area contributed by atoms with Crippen LogP contribution in [-0.2, 0) is 11.3 Å². The van der Waals surface area contributed by atoms with Crippen molar-refractivity contribution in [2.75, 3.05) is 31.5 Å². The zero-order chi connectivity index (χ0) is 17.6. The molecule has 0 unspecified atom stereocenters. The first-order valence-electron chi connectivity index (χ1n) is 9.22. The van der Waals surface area contributed by atoms with E-state index in [1.165, 1.54) is 16.0 Å². The third-order valence-corrected chi connectivity index (χ3v) is 5.35. The van der Waals surface area contributed by atoms with E-state index in [-0.39, 0.29) is 11.9 Å². The molecule has 0 bridgehead atoms. The van der Waals surface area contributed by atoms with Crippen LogP contribution in [0.1, 0.15) is 18.1 Å². The van der Waals surface area contributed by atoms with Gasteiger partial charge >= 0.3 is 0 Å². The smallest absolute Gasteiger partial charge is 0.282 e. The van der Waals surface area contributed by atoms with Gasteiger partial charge in [-0.2, -0.15) is 0 Å². The number of carbonyl (C=O) groups is 1. The first kappa shape index (κ1) is 17.6. The molecule has 1 fully saturated rings. The van der Waals surface area contributed by atoms with Crippen LogP contribution in [0.25, 0.3) is 0 Å². The highest BCUT2D eigenvalue weighted by Crippen LogP contribution is 2.05. The summed E-state index contributed by atoms with van der Waals surface area (Å²) in [5.41, 5.74) is 3.69. The fourth-order valence-corrected chi connectivity index (χ4v) is 3.57. The van der Waals surface area contributed by atoms with Gasteiger partial charge in [0.05, 0.1) is 0 Å². The maximum Gasteiger partial charge on any atom is 0.282 e. The molecule has 3 rings (SSSR count). The Morgan fingerprint density at radius 3 is 2.32 bits per heavy atom. The molecule has 1 atom stereocenters. The number of anilines is 1. The summed E-state index contributed by atoms with van der Waals surface area (Å²) in [7, 11) is 0. The molecule has 25 heavy (non-hydrogen) atoms. The molecule has 3 N–H and O–H groups in total. The molecule has 4 nitrogen and oxygen atoms in total. The molecule has 1 aliphatic rings. The van der Waals surface area contributed by atoms with Crippen LogP contribution in [0.4, 0.5) is 5.69 Å². The number of aryl methyl sites for hydroxylation is 1. The van der Waals surface area contributed by atoms with Gasteiger partial charge in [-0.3, -0.25) is 4.79 Å². The summed E-state index contributed by atoms with van der Waals surface area (Å²) in [5.74, 6) is 0.114. The number of quaternary nitrogens is 2. The van der Waals surface area contributed by atoms with Gasteiger partial charge in [0.15, 0.2) is 6.04 Å². The van der Waals surface area contributed by atoms with Crippen molar-refractivity contribution in [3.05, 3.63) is 65.7 Å². The second-order valence-electron chi connectivity index (χ2n) is 7.09. The lowest BCUT2D eigenvalue weighted by Crippen LogP contribution is -3.29. The van der Waals surface area contributed by atoms with Gasteiger partial charge < -0.3 is 15.1 Å². The van der Waals surface area contributed by atoms with E-state index >= 15 is 0 Å². The second kappa shape index (κ2) is 8.28. The number of amides is 1. The van der Waals surface area contributed by atoms with E-state index in [2.05, 4.69) is 36.5 Å². The van der Waals surface area contributed by atoms with Gasteiger partial charge in [0.2, 0.25) is 0 Å². The molecule has 0 aliphatic carbocycles. The molecule has 2 aromatic carbocycles. The highest BCUT2D eigenvalue weighted by Gasteiger charge is 2.31. The minimum atomic E-state index is -0.0137. The minimum Gasteiger partial charge on any atom is -0.322 e. The minimum absolute atomic E-state index is 0.0137. The van der Waals surface area contributed by atoms with Crippen LogP contribution < -0.4 is 15.1 Å². The largest absolute Gasteiger partial charge is 0.322 e. The number of nitrogens with one attached hydrogen (secondary N) is 3. The van der Waals surface area contributed by atoms with Crippen molar-refractivity contribution < 1.29 is 14.6 Å². The summed E-state index contributed by atoms with van der Waals surface area (Å²) in [5, 5.41) is 3.03. The lowest BCUT2D eigenvalue weighted by atomic mass is 10.1. The van der Waals surface area contributed by atoms with E-state index in [9.17, 15) is 4.79 Å². The van der Waals surface area contributed by atoms with Gasteiger partial charge in [0, 0.05) is 11.3 Å². The van der Waals surface area contributed by atoms with E-state index in [0.29, 0.717) is 0 Å². The van der Waals surface area contributed by atoms with Crippen LogP contribution in [0.5, 0.6) is 0 Å². The summed E-state index contributed by atoms with van der Waals surface area (Å²) in [4.78, 5) is 15.5. The third kappa shape index (κ3) is 4.68. The fourth-order valence-electron chi connectivity index (χ4n) is 3.57. The van der Waals surface area contributed by atoms with Crippen molar-refractivity contribution in [1.82, 2.24) is 0 Å². The van der Waals surface area contributed by atoms with Gasteiger partial charge in [0.1, 0.15) is 32.7 Å². The third-order valence-electron chi connectivity index (χ3n) is 5.35. The average molecular weight is 339 g/mol. The van der Waals surface area contributed by atoms with E-state index in [0.717, 1.165) is 38.4 Å². The molecule has 2 aromatic rings. The summed E-state index contributed by atoms with van der Waals surface area (Å²) in [6.07, 6.45) is 0. The van der Waals surface area contributed by atoms with Gasteiger partial charge in [-0.1, -0.05) is 42.5 Å². The zero-order valence-electron chi connectivity index (χ0n) is 15.2. The molecule has 0 spiro atoms. The first-order valence-corrected chi connectivity index (χ1v) is 9.22. The van der Waals surface area contributed by atoms with Crippen LogP contribution in [0, 0.1) is 6.92 Å². The number of piperazine rings is 1. The van der Waals surface area contributed by atoms with Crippen molar-refractivity contribution in [3.8, 4) is 0 Å². The highest BCUT2D eigenvalue weighted by atomic mass is 16.2. The summed E-state index contributed by atoms with van der Waals surface area (Å²) >= 11 is 0. The van der Waals surface area contributed by atoms with E-state index < -0.39 is 0 Å². The number of carbonyl (C=O) groups excluding carboxylic acids is 1. The molecular weight excluding hydrogens is 310 g/mol. The molecule has 132 valence electrons. The van der Waals surface area contributed by atoms with Crippen LogP contribution in [0.15, 0.2) is 54.6 Å². The van der Waals surface area contributed by atoms with Crippen molar-refractivity contribution in [1.29, 1.82) is 0 Å². The van der Waals surface area contributed by atoms with Gasteiger partial charge in [-0.05, 0) is 31.5 Å². The normalized spacial score (nSPS) is 21.5. The van der Waals surface area contributed by atoms with Gasteiger partial charge in [-0.25, -0.2) is 0 Å². The Kier molecular flexibility index (Phi) is 5.84. The Hall–Kier alpha value is -2.17. The van der Waals surface area contributed by atoms with Crippen molar-refractivity contribution in [3.63, 3.8) is 0 Å². The Balaban J connectivity index is 1.50. The van der Waals surface area contributed by atoms with Gasteiger partial charge in [-0.15, -0.1) is 0 Å². The van der Waals surface area contributed by atoms with E-state index in [1.807, 2.05) is 37.3 Å². The SMILES string of the molecule is Cc1ccccc1C[NH+]1CC[NH+]([C@H](C)C(=O)Nc2ccccc2)CC1. The molecule has 1 aliphatic heterocycles. The molecular formula is C21H29N3O+2. The van der Waals surface area contributed by atoms with E-state index in [4.69, 9.17) is 0 Å². The number of hydrogen-bond acceptors (Lipinski definition) is 1. The number of benzene rings is 2. The highest BCUT2D eigenvalue weighted by molar-refractivity contribution is 5.93. The molecule has 0 radical (unpaired) electrons. The van der Waals surface area contributed by atoms with Crippen LogP contribution in [0.2, 0.25) is 0 Å². The topological polar surface area (TPSA) is 38.0 Å². The number of rotatable bonds is 5. The Morgan fingerprint density at radius 2 is 1.64 bits per heavy atom. The number of para-hydroxylation sites is 1. The predicted molar refractivity (Wildman–Crippen MR) is 101 cm³/mol. The van der Waals surface area contributed by atoms with Crippen molar-refractivity contribution in [2.24, 2.45) is 0 Å². The van der Waals surface area contributed by atoms with Crippen molar-refractivity contribution >= 4 is 11.6 Å². The van der Waals surface area contributed by atoms with Crippen LogP contribution in [-0.4, -0.2) is 38.1 Å². The Bertz CT molecular complexity index is 693. The lowest BCUT2D eigenvalue weighted by Gasteiger charge is -2.32. The fraction of sp³-hybridized carbons (Fsp3) is 0.381. The van der Waals surface area contributed by atoms with Gasteiger partial charge in [0.25, 0.3) is 5.91 Å². The molecule has 1 saturated heterocycles. The predicted octanol–water partition coefficient (Wildman–Crippen LogP) is 0.306. The average Bonchev–Trinajstić information content (AvgIpc) is 2.64. The molecule has 4 heteroatoms. The first-order chi connectivity index (χ1) is 12.1. The quantitative estimate of drug-likeness (QED) is 0.721. The second-order valence-corrected chi connectivity index (χ2v) is 7.09. The molecule has 0 aromatic heterocycles. The summed E-state index contributed by atoms with van der Waals surface area (Å²) < 4.78 is 0. The monoisotopic (exact) mass is 339 g/mol. The zero-order valence-corrected chi connectivity index (χ0v) is 15.2. The lowest BCUT2D eigenvalue weighted by molar-refractivity contribution is -1.02. The Morgan fingerprint density at radius 1 is 1.00 bits per heavy atom. The summed E-state index contributed by atoms with van der Waals surface area (Å²) in [6, 6.07) is 18.4. The summed E-state index contributed by atoms with van der Waals surface area (Å²) in [6.45, 7) is 9.64. The maximum absolute atomic E-state index is 12.5. The van der Waals surface area contributed by atoms with Crippen molar-refractivity contribution in [2.45, 2.75) is 26.4 Å². The Labute approximate surface area is 150 Å². The standard InChI is InChI=1S/C21H27N3O/c1-17-8-6-7-9-19(17)16-23-12-14-24(15-13-23)18(2)21(25)22-20-10-4-3-5-11-20/h3-11,18H,12-16H2,1-2H3,(H,22,25)/p+2/t18-/m1/s1. The van der Waals surface area contributed by atoms with E-state index in [1.54, 1.807) is 4.90 Å². The molecule has 0 saturated carbocycles. The van der Waals surface area contributed by atoms with Crippen LogP contribution in [0.3, 0.4) is 0 Å². The maximum atomic E-state index is 12.5. The molecule has 1 heterocycles. The molecule has 1 amide bonds. The number of hydrogen-bond donors (Lipinski definition) is 3. The van der Waals surface area contributed by atoms with Crippen LogP contribution >= 0.6 is 0 Å².